The summed E-state index contributed by atoms with van der Waals surface area (Å²) in [7, 11) is 0. The largest absolute Gasteiger partial charge is 0.399 e. The number of halogens is 2. The van der Waals surface area contributed by atoms with Gasteiger partial charge in [0, 0.05) is 18.3 Å². The number of hydrogen-bond donors (Lipinski definition) is 2. The first-order valence-electron chi connectivity index (χ1n) is 6.59. The Morgan fingerprint density at radius 2 is 1.76 bits per heavy atom. The van der Waals surface area contributed by atoms with E-state index in [1.807, 2.05) is 6.07 Å². The van der Waals surface area contributed by atoms with Crippen LogP contribution in [0, 0.1) is 11.6 Å². The topological polar surface area (TPSA) is 55.1 Å². The van der Waals surface area contributed by atoms with Gasteiger partial charge in [0.1, 0.15) is 11.6 Å². The molecule has 3 N–H and O–H groups in total. The van der Waals surface area contributed by atoms with Gasteiger partial charge in [0.15, 0.2) is 0 Å². The smallest absolute Gasteiger partial charge is 0.224 e. The van der Waals surface area contributed by atoms with Gasteiger partial charge in [-0.05, 0) is 41.8 Å². The van der Waals surface area contributed by atoms with E-state index < -0.39 is 11.6 Å². The molecule has 5 heteroatoms. The normalized spacial score (nSPS) is 10.4. The van der Waals surface area contributed by atoms with Crippen molar-refractivity contribution in [2.24, 2.45) is 0 Å². The van der Waals surface area contributed by atoms with Gasteiger partial charge in [-0.15, -0.1) is 0 Å². The van der Waals surface area contributed by atoms with Crippen molar-refractivity contribution in [3.8, 4) is 0 Å². The van der Waals surface area contributed by atoms with Crippen molar-refractivity contribution in [3.63, 3.8) is 0 Å². The summed E-state index contributed by atoms with van der Waals surface area (Å²) in [4.78, 5) is 11.7. The highest BCUT2D eigenvalue weighted by molar-refractivity contribution is 5.78. The number of anilines is 1. The van der Waals surface area contributed by atoms with Crippen molar-refractivity contribution >= 4 is 11.6 Å². The van der Waals surface area contributed by atoms with E-state index in [0.717, 1.165) is 11.6 Å². The minimum Gasteiger partial charge on any atom is -0.399 e. The second-order valence-corrected chi connectivity index (χ2v) is 4.80. The van der Waals surface area contributed by atoms with E-state index in [0.29, 0.717) is 24.2 Å². The molecule has 110 valence electrons. The Hall–Kier alpha value is -2.43. The fourth-order valence-corrected chi connectivity index (χ4v) is 2.05. The summed E-state index contributed by atoms with van der Waals surface area (Å²) >= 11 is 0. The first kappa shape index (κ1) is 15.0. The Morgan fingerprint density at radius 1 is 1.05 bits per heavy atom. The predicted molar refractivity (Wildman–Crippen MR) is 77.6 cm³/mol. The van der Waals surface area contributed by atoms with Crippen LogP contribution in [0.5, 0.6) is 0 Å². The minimum absolute atomic E-state index is 0.155. The molecule has 0 saturated carbocycles. The molecule has 0 aliphatic heterocycles. The van der Waals surface area contributed by atoms with Crippen LogP contribution in [0.4, 0.5) is 14.5 Å². The summed E-state index contributed by atoms with van der Waals surface area (Å²) < 4.78 is 26.0. The second-order valence-electron chi connectivity index (χ2n) is 4.80. The molecular weight excluding hydrogens is 274 g/mol. The highest BCUT2D eigenvalue weighted by atomic mass is 19.1. The molecule has 0 fully saturated rings. The molecule has 0 bridgehead atoms. The summed E-state index contributed by atoms with van der Waals surface area (Å²) in [6.45, 7) is 0.323. The Morgan fingerprint density at radius 3 is 2.43 bits per heavy atom. The molecule has 0 aliphatic rings. The van der Waals surface area contributed by atoms with Gasteiger partial charge < -0.3 is 11.1 Å². The van der Waals surface area contributed by atoms with Crippen LogP contribution >= 0.6 is 0 Å². The number of rotatable bonds is 5. The van der Waals surface area contributed by atoms with Crippen LogP contribution < -0.4 is 11.1 Å². The zero-order valence-corrected chi connectivity index (χ0v) is 11.4. The zero-order valence-electron chi connectivity index (χ0n) is 11.4. The van der Waals surface area contributed by atoms with E-state index in [9.17, 15) is 13.6 Å². The summed E-state index contributed by atoms with van der Waals surface area (Å²) in [6.07, 6.45) is 0.597. The summed E-state index contributed by atoms with van der Waals surface area (Å²) in [6, 6.07) is 10.4. The van der Waals surface area contributed by atoms with E-state index >= 15 is 0 Å². The fourth-order valence-electron chi connectivity index (χ4n) is 2.05. The zero-order chi connectivity index (χ0) is 15.2. The standard InChI is InChI=1S/C16H16F2N2O/c17-13-6-12(7-14(18)10-13)4-5-20-16(21)9-11-2-1-3-15(19)8-11/h1-3,6-8,10H,4-5,9,19H2,(H,20,21). The lowest BCUT2D eigenvalue weighted by atomic mass is 10.1. The quantitative estimate of drug-likeness (QED) is 0.831. The number of hydrogen-bond acceptors (Lipinski definition) is 2. The molecule has 21 heavy (non-hydrogen) atoms. The molecule has 1 amide bonds. The van der Waals surface area contributed by atoms with Gasteiger partial charge >= 0.3 is 0 Å². The molecule has 2 aromatic carbocycles. The average Bonchev–Trinajstić information content (AvgIpc) is 2.37. The molecule has 0 heterocycles. The van der Waals surface area contributed by atoms with Crippen molar-refractivity contribution in [2.45, 2.75) is 12.8 Å². The molecule has 0 aromatic heterocycles. The molecule has 3 nitrogen and oxygen atoms in total. The number of carbonyl (C=O) groups excluding carboxylic acids is 1. The molecule has 0 unspecified atom stereocenters. The van der Waals surface area contributed by atoms with Crippen molar-refractivity contribution in [3.05, 3.63) is 65.2 Å². The molecule has 0 aliphatic carbocycles. The lowest BCUT2D eigenvalue weighted by Crippen LogP contribution is -2.27. The van der Waals surface area contributed by atoms with Crippen molar-refractivity contribution in [2.75, 3.05) is 12.3 Å². The molecular formula is C16H16F2N2O. The fraction of sp³-hybridized carbons (Fsp3) is 0.188. The minimum atomic E-state index is -0.615. The van der Waals surface area contributed by atoms with E-state index in [2.05, 4.69) is 5.32 Å². The van der Waals surface area contributed by atoms with Crippen LogP contribution in [0.1, 0.15) is 11.1 Å². The van der Waals surface area contributed by atoms with Crippen LogP contribution in [-0.4, -0.2) is 12.5 Å². The van der Waals surface area contributed by atoms with E-state index in [1.54, 1.807) is 18.2 Å². The van der Waals surface area contributed by atoms with Crippen LogP contribution in [-0.2, 0) is 17.6 Å². The molecule has 2 aromatic rings. The Bertz CT molecular complexity index is 624. The van der Waals surface area contributed by atoms with Crippen LogP contribution in [0.3, 0.4) is 0 Å². The number of nitrogens with two attached hydrogens (primary N) is 1. The lowest BCUT2D eigenvalue weighted by Gasteiger charge is -2.06. The highest BCUT2D eigenvalue weighted by Crippen LogP contribution is 2.09. The highest BCUT2D eigenvalue weighted by Gasteiger charge is 2.05. The van der Waals surface area contributed by atoms with E-state index in [-0.39, 0.29) is 12.3 Å². The molecule has 2 rings (SSSR count). The molecule has 0 radical (unpaired) electrons. The first-order chi connectivity index (χ1) is 10.0. The van der Waals surface area contributed by atoms with Gasteiger partial charge in [0.25, 0.3) is 0 Å². The monoisotopic (exact) mass is 290 g/mol. The van der Waals surface area contributed by atoms with Gasteiger partial charge in [-0.25, -0.2) is 8.78 Å². The van der Waals surface area contributed by atoms with Crippen LogP contribution in [0.25, 0.3) is 0 Å². The Labute approximate surface area is 121 Å². The third-order valence-electron chi connectivity index (χ3n) is 2.97. The molecule has 0 spiro atoms. The van der Waals surface area contributed by atoms with Crippen molar-refractivity contribution < 1.29 is 13.6 Å². The lowest BCUT2D eigenvalue weighted by molar-refractivity contribution is -0.120. The Balaban J connectivity index is 1.81. The van der Waals surface area contributed by atoms with Crippen molar-refractivity contribution in [1.29, 1.82) is 0 Å². The summed E-state index contributed by atoms with van der Waals surface area (Å²) in [5.74, 6) is -1.38. The summed E-state index contributed by atoms with van der Waals surface area (Å²) in [5, 5.41) is 2.71. The van der Waals surface area contributed by atoms with E-state index in [4.69, 9.17) is 5.73 Å². The maximum Gasteiger partial charge on any atom is 0.224 e. The number of carbonyl (C=O) groups is 1. The van der Waals surface area contributed by atoms with Crippen LogP contribution in [0.2, 0.25) is 0 Å². The van der Waals surface area contributed by atoms with Gasteiger partial charge in [-0.3, -0.25) is 4.79 Å². The van der Waals surface area contributed by atoms with E-state index in [1.165, 1.54) is 12.1 Å². The maximum absolute atomic E-state index is 13.0. The van der Waals surface area contributed by atoms with Crippen LogP contribution in [0.15, 0.2) is 42.5 Å². The SMILES string of the molecule is Nc1cccc(CC(=O)NCCc2cc(F)cc(F)c2)c1. The van der Waals surface area contributed by atoms with Gasteiger partial charge in [-0.1, -0.05) is 12.1 Å². The third-order valence-corrected chi connectivity index (χ3v) is 2.97. The number of benzene rings is 2. The van der Waals surface area contributed by atoms with Gasteiger partial charge in [-0.2, -0.15) is 0 Å². The Kier molecular flexibility index (Phi) is 4.87. The average molecular weight is 290 g/mol. The van der Waals surface area contributed by atoms with Gasteiger partial charge in [0.05, 0.1) is 6.42 Å². The second kappa shape index (κ2) is 6.83. The summed E-state index contributed by atoms with van der Waals surface area (Å²) in [5.41, 5.74) is 7.58. The van der Waals surface area contributed by atoms with Gasteiger partial charge in [0.2, 0.25) is 5.91 Å². The number of amides is 1. The predicted octanol–water partition coefficient (Wildman–Crippen LogP) is 2.45. The maximum atomic E-state index is 13.0. The number of nitrogens with one attached hydrogen (secondary N) is 1. The number of nitrogen functional groups attached to an aromatic ring is 1. The first-order valence-corrected chi connectivity index (χ1v) is 6.59. The third kappa shape index (κ3) is 4.87. The molecule has 0 saturated heterocycles. The molecule has 0 atom stereocenters. The van der Waals surface area contributed by atoms with Crippen molar-refractivity contribution in [1.82, 2.24) is 5.32 Å².